The van der Waals surface area contributed by atoms with Gasteiger partial charge in [0.2, 0.25) is 0 Å². The summed E-state index contributed by atoms with van der Waals surface area (Å²) < 4.78 is 40.4. The number of hydrogen-bond acceptors (Lipinski definition) is 5. The number of ether oxygens (including phenoxy) is 1. The Morgan fingerprint density at radius 1 is 1.33 bits per heavy atom. The number of hydrogen-bond donors (Lipinski definition) is 2. The maximum absolute atomic E-state index is 11.9. The Balaban J connectivity index is 2.26. The number of rotatable bonds is 7. The zero-order chi connectivity index (χ0) is 15.9. The zero-order valence-electron chi connectivity index (χ0n) is 12.1. The first-order chi connectivity index (χ1) is 9.87. The van der Waals surface area contributed by atoms with E-state index in [0.29, 0.717) is 6.54 Å². The predicted molar refractivity (Wildman–Crippen MR) is 72.4 cm³/mol. The number of alkyl halides is 3. The Hall–Kier alpha value is -1.06. The highest BCUT2D eigenvalue weighted by Crippen LogP contribution is 2.14. The zero-order valence-corrected chi connectivity index (χ0v) is 12.1. The minimum atomic E-state index is -4.27. The molecular weight excluding hydrogens is 289 g/mol. The molecule has 1 heterocycles. The minimum absolute atomic E-state index is 0.0664. The number of piperazine rings is 1. The second kappa shape index (κ2) is 8.40. The third kappa shape index (κ3) is 6.49. The summed E-state index contributed by atoms with van der Waals surface area (Å²) in [4.78, 5) is 4.16. The Morgan fingerprint density at radius 2 is 1.95 bits per heavy atom. The van der Waals surface area contributed by atoms with Crippen LogP contribution >= 0.6 is 0 Å². The van der Waals surface area contributed by atoms with Gasteiger partial charge in [0.1, 0.15) is 6.61 Å². The second-order valence-corrected chi connectivity index (χ2v) is 4.99. The van der Waals surface area contributed by atoms with Gasteiger partial charge in [-0.25, -0.2) is 0 Å². The topological polar surface area (TPSA) is 74.3 Å². The smallest absolute Gasteiger partial charge is 0.409 e. The van der Waals surface area contributed by atoms with Crippen molar-refractivity contribution in [3.63, 3.8) is 0 Å². The van der Waals surface area contributed by atoms with Crippen LogP contribution in [0.5, 0.6) is 0 Å². The first-order valence-electron chi connectivity index (χ1n) is 6.95. The first-order valence-corrected chi connectivity index (χ1v) is 6.95. The van der Waals surface area contributed by atoms with Gasteiger partial charge in [0.25, 0.3) is 0 Å². The van der Waals surface area contributed by atoms with Gasteiger partial charge in [-0.1, -0.05) is 12.1 Å². The van der Waals surface area contributed by atoms with E-state index in [1.807, 2.05) is 11.8 Å². The lowest BCUT2D eigenvalue weighted by molar-refractivity contribution is -0.174. The molecule has 1 aliphatic heterocycles. The normalized spacial score (nSPS) is 20.7. The van der Waals surface area contributed by atoms with Gasteiger partial charge in [0.05, 0.1) is 12.6 Å². The van der Waals surface area contributed by atoms with Crippen LogP contribution in [0.1, 0.15) is 13.3 Å². The molecule has 1 saturated heterocycles. The number of oxime groups is 1. The summed E-state index contributed by atoms with van der Waals surface area (Å²) in [5.74, 6) is 0.194. The SMILES string of the molecule is CCC(C(N)=NO)N1CCN(CCOCC(F)(F)F)CC1. The Kier molecular flexibility index (Phi) is 7.20. The molecule has 0 amide bonds. The summed E-state index contributed by atoms with van der Waals surface area (Å²) >= 11 is 0. The average molecular weight is 312 g/mol. The van der Waals surface area contributed by atoms with E-state index in [-0.39, 0.29) is 18.5 Å². The molecule has 6 nitrogen and oxygen atoms in total. The summed E-state index contributed by atoms with van der Waals surface area (Å²) in [5, 5.41) is 11.8. The van der Waals surface area contributed by atoms with Gasteiger partial charge in [0, 0.05) is 32.7 Å². The summed E-state index contributed by atoms with van der Waals surface area (Å²) in [7, 11) is 0. The minimum Gasteiger partial charge on any atom is -0.409 e. The number of nitrogens with two attached hydrogens (primary N) is 1. The summed E-state index contributed by atoms with van der Waals surface area (Å²) in [6.45, 7) is 4.22. The molecule has 3 N–H and O–H groups in total. The van der Waals surface area contributed by atoms with Crippen LogP contribution in [0.25, 0.3) is 0 Å². The highest BCUT2D eigenvalue weighted by Gasteiger charge is 2.28. The van der Waals surface area contributed by atoms with E-state index in [1.165, 1.54) is 0 Å². The van der Waals surface area contributed by atoms with Gasteiger partial charge < -0.3 is 15.7 Å². The molecule has 1 atom stereocenters. The molecule has 0 radical (unpaired) electrons. The number of halogens is 3. The van der Waals surface area contributed by atoms with E-state index in [2.05, 4.69) is 14.8 Å². The van der Waals surface area contributed by atoms with Crippen LogP contribution < -0.4 is 5.73 Å². The van der Waals surface area contributed by atoms with E-state index >= 15 is 0 Å². The maximum atomic E-state index is 11.9. The molecule has 0 aliphatic carbocycles. The van der Waals surface area contributed by atoms with Gasteiger partial charge in [-0.3, -0.25) is 9.80 Å². The monoisotopic (exact) mass is 312 g/mol. The quantitative estimate of drug-likeness (QED) is 0.238. The van der Waals surface area contributed by atoms with Crippen molar-refractivity contribution in [1.29, 1.82) is 0 Å². The Bertz CT molecular complexity index is 331. The fourth-order valence-electron chi connectivity index (χ4n) is 2.40. The molecular formula is C12H23F3N4O2. The molecule has 0 spiro atoms. The van der Waals surface area contributed by atoms with Gasteiger partial charge in [-0.2, -0.15) is 13.2 Å². The first kappa shape index (κ1) is 18.0. The van der Waals surface area contributed by atoms with Crippen LogP contribution in [0.15, 0.2) is 5.16 Å². The summed E-state index contributed by atoms with van der Waals surface area (Å²) in [5.41, 5.74) is 5.65. The van der Waals surface area contributed by atoms with E-state index in [0.717, 1.165) is 32.6 Å². The van der Waals surface area contributed by atoms with Gasteiger partial charge in [0.15, 0.2) is 5.84 Å². The highest BCUT2D eigenvalue weighted by atomic mass is 19.4. The Morgan fingerprint density at radius 3 is 2.43 bits per heavy atom. The molecule has 9 heteroatoms. The summed E-state index contributed by atoms with van der Waals surface area (Å²) in [6, 6.07) is -0.0985. The van der Waals surface area contributed by atoms with E-state index in [9.17, 15) is 13.2 Å². The third-order valence-corrected chi connectivity index (χ3v) is 3.51. The van der Waals surface area contributed by atoms with Crippen molar-refractivity contribution >= 4 is 5.84 Å². The van der Waals surface area contributed by atoms with Gasteiger partial charge >= 0.3 is 6.18 Å². The van der Waals surface area contributed by atoms with Crippen molar-refractivity contribution in [2.24, 2.45) is 10.9 Å². The van der Waals surface area contributed by atoms with Crippen molar-refractivity contribution in [2.45, 2.75) is 25.6 Å². The number of amidine groups is 1. The summed E-state index contributed by atoms with van der Waals surface area (Å²) in [6.07, 6.45) is -3.53. The average Bonchev–Trinajstić information content (AvgIpc) is 2.44. The molecule has 0 aromatic carbocycles. The van der Waals surface area contributed by atoms with Crippen LogP contribution in [-0.2, 0) is 4.74 Å². The van der Waals surface area contributed by atoms with Crippen molar-refractivity contribution < 1.29 is 23.1 Å². The molecule has 1 fully saturated rings. The van der Waals surface area contributed by atoms with Gasteiger partial charge in [-0.15, -0.1) is 0 Å². The predicted octanol–water partition coefficient (Wildman–Crippen LogP) is 0.708. The second-order valence-electron chi connectivity index (χ2n) is 4.99. The van der Waals surface area contributed by atoms with Crippen LogP contribution in [0.3, 0.4) is 0 Å². The lowest BCUT2D eigenvalue weighted by Gasteiger charge is -2.38. The standard InChI is InChI=1S/C12H23F3N4O2/c1-2-10(11(16)17-20)19-5-3-18(4-6-19)7-8-21-9-12(13,14)15/h10,20H,2-9H2,1H3,(H2,16,17). The number of nitrogens with zero attached hydrogens (tertiary/aromatic N) is 3. The van der Waals surface area contributed by atoms with Crippen molar-refractivity contribution in [2.75, 3.05) is 45.9 Å². The molecule has 0 saturated carbocycles. The lowest BCUT2D eigenvalue weighted by atomic mass is 10.1. The molecule has 21 heavy (non-hydrogen) atoms. The highest BCUT2D eigenvalue weighted by molar-refractivity contribution is 5.85. The van der Waals surface area contributed by atoms with Crippen molar-refractivity contribution in [3.05, 3.63) is 0 Å². The van der Waals surface area contributed by atoms with Crippen molar-refractivity contribution in [3.8, 4) is 0 Å². The molecule has 0 aromatic heterocycles. The molecule has 1 unspecified atom stereocenters. The van der Waals surface area contributed by atoms with Crippen LogP contribution in [-0.4, -0.2) is 79.0 Å². The fraction of sp³-hybridized carbons (Fsp3) is 0.917. The van der Waals surface area contributed by atoms with Gasteiger partial charge in [-0.05, 0) is 6.42 Å². The Labute approximate surface area is 122 Å². The van der Waals surface area contributed by atoms with E-state index in [4.69, 9.17) is 10.9 Å². The molecule has 0 aromatic rings. The van der Waals surface area contributed by atoms with E-state index < -0.39 is 12.8 Å². The van der Waals surface area contributed by atoms with Crippen molar-refractivity contribution in [1.82, 2.24) is 9.80 Å². The molecule has 1 rings (SSSR count). The van der Waals surface area contributed by atoms with Crippen LogP contribution in [0, 0.1) is 0 Å². The fourth-order valence-corrected chi connectivity index (χ4v) is 2.40. The largest absolute Gasteiger partial charge is 0.411 e. The lowest BCUT2D eigenvalue weighted by Crippen LogP contribution is -2.54. The van der Waals surface area contributed by atoms with E-state index in [1.54, 1.807) is 0 Å². The molecule has 0 bridgehead atoms. The molecule has 1 aliphatic rings. The molecule has 124 valence electrons. The maximum Gasteiger partial charge on any atom is 0.411 e. The van der Waals surface area contributed by atoms with Crippen LogP contribution in [0.2, 0.25) is 0 Å². The van der Waals surface area contributed by atoms with Crippen LogP contribution in [0.4, 0.5) is 13.2 Å². The third-order valence-electron chi connectivity index (χ3n) is 3.51.